The highest BCUT2D eigenvalue weighted by Gasteiger charge is 2.03. The van der Waals surface area contributed by atoms with E-state index < -0.39 is 0 Å². The average Bonchev–Trinajstić information content (AvgIpc) is 2.46. The SMILES string of the molecule is COc1ccc(CNc2ccccc2C(N)=S)cc1. The predicted molar refractivity (Wildman–Crippen MR) is 82.7 cm³/mol. The molecule has 0 atom stereocenters. The molecule has 0 aliphatic carbocycles. The lowest BCUT2D eigenvalue weighted by atomic mass is 10.1. The molecule has 0 heterocycles. The Morgan fingerprint density at radius 3 is 2.47 bits per heavy atom. The van der Waals surface area contributed by atoms with Crippen molar-refractivity contribution in [3.63, 3.8) is 0 Å². The lowest BCUT2D eigenvalue weighted by Crippen LogP contribution is -2.13. The van der Waals surface area contributed by atoms with Crippen molar-refractivity contribution in [2.24, 2.45) is 5.73 Å². The highest BCUT2D eigenvalue weighted by Crippen LogP contribution is 2.17. The summed E-state index contributed by atoms with van der Waals surface area (Å²) in [5, 5.41) is 3.34. The quantitative estimate of drug-likeness (QED) is 0.822. The Bertz CT molecular complexity index is 567. The molecular weight excluding hydrogens is 256 g/mol. The number of nitrogens with one attached hydrogen (secondary N) is 1. The monoisotopic (exact) mass is 272 g/mol. The number of methoxy groups -OCH3 is 1. The van der Waals surface area contributed by atoms with Crippen molar-refractivity contribution in [1.29, 1.82) is 0 Å². The number of hydrogen-bond donors (Lipinski definition) is 2. The highest BCUT2D eigenvalue weighted by atomic mass is 32.1. The summed E-state index contributed by atoms with van der Waals surface area (Å²) in [6.45, 7) is 0.712. The van der Waals surface area contributed by atoms with Crippen molar-refractivity contribution < 1.29 is 4.74 Å². The molecule has 0 amide bonds. The summed E-state index contributed by atoms with van der Waals surface area (Å²) in [5.74, 6) is 0.854. The standard InChI is InChI=1S/C15H16N2OS/c1-18-12-8-6-11(7-9-12)10-17-14-5-3-2-4-13(14)15(16)19/h2-9,17H,10H2,1H3,(H2,16,19). The van der Waals surface area contributed by atoms with Gasteiger partial charge in [-0.1, -0.05) is 36.5 Å². The molecule has 4 heteroatoms. The van der Waals surface area contributed by atoms with Crippen LogP contribution < -0.4 is 15.8 Å². The summed E-state index contributed by atoms with van der Waals surface area (Å²) in [4.78, 5) is 0.401. The van der Waals surface area contributed by atoms with Crippen LogP contribution in [0.25, 0.3) is 0 Å². The van der Waals surface area contributed by atoms with Crippen LogP contribution in [0, 0.1) is 0 Å². The first-order valence-corrected chi connectivity index (χ1v) is 6.37. The largest absolute Gasteiger partial charge is 0.497 e. The fourth-order valence-corrected chi connectivity index (χ4v) is 1.97. The minimum atomic E-state index is 0.401. The van der Waals surface area contributed by atoms with Crippen molar-refractivity contribution >= 4 is 22.9 Å². The zero-order chi connectivity index (χ0) is 13.7. The summed E-state index contributed by atoms with van der Waals surface area (Å²) in [7, 11) is 1.66. The molecule has 0 fully saturated rings. The molecule has 0 unspecified atom stereocenters. The molecule has 0 aliphatic rings. The minimum absolute atomic E-state index is 0.401. The van der Waals surface area contributed by atoms with Crippen LogP contribution in [0.1, 0.15) is 11.1 Å². The van der Waals surface area contributed by atoms with Gasteiger partial charge in [0.2, 0.25) is 0 Å². The van der Waals surface area contributed by atoms with E-state index in [4.69, 9.17) is 22.7 Å². The van der Waals surface area contributed by atoms with E-state index in [1.54, 1.807) is 7.11 Å². The van der Waals surface area contributed by atoms with Crippen molar-refractivity contribution in [1.82, 2.24) is 0 Å². The van der Waals surface area contributed by atoms with Gasteiger partial charge in [0, 0.05) is 17.8 Å². The van der Waals surface area contributed by atoms with Gasteiger partial charge in [0.1, 0.15) is 10.7 Å². The van der Waals surface area contributed by atoms with Crippen LogP contribution in [-0.4, -0.2) is 12.1 Å². The zero-order valence-electron chi connectivity index (χ0n) is 10.7. The third-order valence-electron chi connectivity index (χ3n) is 2.83. The van der Waals surface area contributed by atoms with E-state index in [1.165, 1.54) is 5.56 Å². The van der Waals surface area contributed by atoms with Crippen molar-refractivity contribution in [2.45, 2.75) is 6.54 Å². The maximum absolute atomic E-state index is 5.70. The molecule has 3 nitrogen and oxygen atoms in total. The van der Waals surface area contributed by atoms with Crippen LogP contribution in [0.5, 0.6) is 5.75 Å². The first-order chi connectivity index (χ1) is 9.20. The second kappa shape index (κ2) is 6.20. The summed E-state index contributed by atoms with van der Waals surface area (Å²) in [5.41, 5.74) is 8.68. The van der Waals surface area contributed by atoms with Crippen molar-refractivity contribution in [2.75, 3.05) is 12.4 Å². The van der Waals surface area contributed by atoms with Crippen LogP contribution in [0.2, 0.25) is 0 Å². The van der Waals surface area contributed by atoms with Crippen LogP contribution in [-0.2, 0) is 6.54 Å². The fourth-order valence-electron chi connectivity index (χ4n) is 1.79. The lowest BCUT2D eigenvalue weighted by molar-refractivity contribution is 0.414. The third kappa shape index (κ3) is 3.45. The number of rotatable bonds is 5. The van der Waals surface area contributed by atoms with Gasteiger partial charge >= 0.3 is 0 Å². The Labute approximate surface area is 118 Å². The maximum Gasteiger partial charge on any atom is 0.118 e. The van der Waals surface area contributed by atoms with E-state index >= 15 is 0 Å². The molecule has 2 rings (SSSR count). The van der Waals surface area contributed by atoms with E-state index in [1.807, 2.05) is 48.5 Å². The summed E-state index contributed by atoms with van der Waals surface area (Å²) >= 11 is 5.03. The molecule has 0 aromatic heterocycles. The third-order valence-corrected chi connectivity index (χ3v) is 3.05. The van der Waals surface area contributed by atoms with E-state index in [2.05, 4.69) is 5.32 Å². The summed E-state index contributed by atoms with van der Waals surface area (Å²) in [6, 6.07) is 15.7. The molecule has 0 saturated heterocycles. The van der Waals surface area contributed by atoms with Gasteiger partial charge in [-0.3, -0.25) is 0 Å². The normalized spacial score (nSPS) is 9.95. The molecule has 0 radical (unpaired) electrons. The van der Waals surface area contributed by atoms with Crippen LogP contribution in [0.15, 0.2) is 48.5 Å². The molecule has 3 N–H and O–H groups in total. The van der Waals surface area contributed by atoms with Crippen LogP contribution in [0.4, 0.5) is 5.69 Å². The van der Waals surface area contributed by atoms with Gasteiger partial charge in [0.25, 0.3) is 0 Å². The minimum Gasteiger partial charge on any atom is -0.497 e. The topological polar surface area (TPSA) is 47.3 Å². The number of hydrogen-bond acceptors (Lipinski definition) is 3. The molecule has 2 aromatic carbocycles. The van der Waals surface area contributed by atoms with Gasteiger partial charge in [0.15, 0.2) is 0 Å². The van der Waals surface area contributed by atoms with Gasteiger partial charge in [-0.2, -0.15) is 0 Å². The number of ether oxygens (including phenoxy) is 1. The fraction of sp³-hybridized carbons (Fsp3) is 0.133. The Morgan fingerprint density at radius 1 is 1.16 bits per heavy atom. The number of para-hydroxylation sites is 1. The van der Waals surface area contributed by atoms with Gasteiger partial charge in [-0.25, -0.2) is 0 Å². The number of anilines is 1. The highest BCUT2D eigenvalue weighted by molar-refractivity contribution is 7.80. The van der Waals surface area contributed by atoms with Crippen LogP contribution in [0.3, 0.4) is 0 Å². The van der Waals surface area contributed by atoms with E-state index in [-0.39, 0.29) is 0 Å². The predicted octanol–water partition coefficient (Wildman–Crippen LogP) is 2.94. The molecule has 0 bridgehead atoms. The smallest absolute Gasteiger partial charge is 0.118 e. The number of thiocarbonyl (C=S) groups is 1. The lowest BCUT2D eigenvalue weighted by Gasteiger charge is -2.11. The van der Waals surface area contributed by atoms with Gasteiger partial charge in [-0.05, 0) is 29.8 Å². The average molecular weight is 272 g/mol. The molecular formula is C15H16N2OS. The van der Waals surface area contributed by atoms with Crippen LogP contribution >= 0.6 is 12.2 Å². The second-order valence-electron chi connectivity index (χ2n) is 4.11. The van der Waals surface area contributed by atoms with E-state index in [0.717, 1.165) is 17.0 Å². The Balaban J connectivity index is 2.07. The van der Waals surface area contributed by atoms with Gasteiger partial charge in [0.05, 0.1) is 7.11 Å². The second-order valence-corrected chi connectivity index (χ2v) is 4.55. The molecule has 98 valence electrons. The summed E-state index contributed by atoms with van der Waals surface area (Å²) in [6.07, 6.45) is 0. The number of benzene rings is 2. The summed E-state index contributed by atoms with van der Waals surface area (Å²) < 4.78 is 5.13. The van der Waals surface area contributed by atoms with Crippen molar-refractivity contribution in [3.05, 3.63) is 59.7 Å². The Hall–Kier alpha value is -2.07. The van der Waals surface area contributed by atoms with E-state index in [9.17, 15) is 0 Å². The van der Waals surface area contributed by atoms with Crippen molar-refractivity contribution in [3.8, 4) is 5.75 Å². The maximum atomic E-state index is 5.70. The van der Waals surface area contributed by atoms with E-state index in [0.29, 0.717) is 11.5 Å². The molecule has 0 aliphatic heterocycles. The first kappa shape index (κ1) is 13.4. The molecule has 0 spiro atoms. The first-order valence-electron chi connectivity index (χ1n) is 5.96. The number of nitrogens with two attached hydrogens (primary N) is 1. The zero-order valence-corrected chi connectivity index (χ0v) is 11.5. The van der Waals surface area contributed by atoms with Gasteiger partial charge < -0.3 is 15.8 Å². The Morgan fingerprint density at radius 2 is 1.84 bits per heavy atom. The molecule has 0 saturated carbocycles. The molecule has 19 heavy (non-hydrogen) atoms. The Kier molecular flexibility index (Phi) is 4.36. The molecule has 2 aromatic rings. The van der Waals surface area contributed by atoms with Gasteiger partial charge in [-0.15, -0.1) is 0 Å².